The summed E-state index contributed by atoms with van der Waals surface area (Å²) in [6.07, 6.45) is 2.85. The fourth-order valence-electron chi connectivity index (χ4n) is 4.21. The number of fused-ring (bicyclic) bond motifs is 1. The third-order valence-electron chi connectivity index (χ3n) is 6.26. The molecule has 4 rings (SSSR count). The van der Waals surface area contributed by atoms with Gasteiger partial charge in [-0.25, -0.2) is 9.29 Å². The molecule has 10 nitrogen and oxygen atoms in total. The zero-order valence-corrected chi connectivity index (χ0v) is 22.7. The Morgan fingerprint density at radius 2 is 2.12 bits per heavy atom. The molecule has 1 fully saturated rings. The van der Waals surface area contributed by atoms with Crippen molar-refractivity contribution in [2.45, 2.75) is 38.8 Å². The molecular formula is C28H29ClFN5O5. The maximum atomic E-state index is 13.7. The van der Waals surface area contributed by atoms with Crippen LogP contribution in [0.3, 0.4) is 0 Å². The molecule has 1 aliphatic heterocycles. The van der Waals surface area contributed by atoms with E-state index in [2.05, 4.69) is 21.7 Å². The fraction of sp³-hybridized carbons (Fsp3) is 0.321. The van der Waals surface area contributed by atoms with E-state index in [1.807, 2.05) is 0 Å². The van der Waals surface area contributed by atoms with Crippen LogP contribution < -0.4 is 15.4 Å². The maximum absolute atomic E-state index is 13.7. The van der Waals surface area contributed by atoms with Crippen LogP contribution in [0.1, 0.15) is 25.8 Å². The van der Waals surface area contributed by atoms with Gasteiger partial charge in [0, 0.05) is 42.4 Å². The Labute approximate surface area is 235 Å². The minimum atomic E-state index is -0.912. The smallest absolute Gasteiger partial charge is 0.248 e. The van der Waals surface area contributed by atoms with Crippen LogP contribution >= 0.6 is 11.6 Å². The number of pyridine rings is 1. The van der Waals surface area contributed by atoms with Crippen LogP contribution in [0, 0.1) is 17.1 Å². The zero-order valence-electron chi connectivity index (χ0n) is 21.9. The molecule has 1 amide bonds. The Morgan fingerprint density at radius 3 is 2.77 bits per heavy atom. The van der Waals surface area contributed by atoms with Crippen molar-refractivity contribution in [2.75, 3.05) is 30.4 Å². The molecule has 1 aromatic heterocycles. The molecule has 1 aliphatic rings. The minimum Gasteiger partial charge on any atom is -0.486 e. The lowest BCUT2D eigenvalue weighted by Crippen LogP contribution is -2.40. The number of nitrogens with one attached hydrogen (secondary N) is 2. The van der Waals surface area contributed by atoms with E-state index in [0.717, 1.165) is 0 Å². The summed E-state index contributed by atoms with van der Waals surface area (Å²) >= 11 is 5.95. The van der Waals surface area contributed by atoms with Gasteiger partial charge >= 0.3 is 0 Å². The summed E-state index contributed by atoms with van der Waals surface area (Å²) in [5, 5.41) is 35.7. The number of ether oxygens (including phenoxy) is 2. The van der Waals surface area contributed by atoms with Crippen LogP contribution in [0.15, 0.2) is 48.7 Å². The lowest BCUT2D eigenvalue weighted by atomic mass is 10.1. The summed E-state index contributed by atoms with van der Waals surface area (Å²) in [6.45, 7) is 4.12. The average Bonchev–Trinajstić information content (AvgIpc) is 3.42. The van der Waals surface area contributed by atoms with E-state index in [1.165, 1.54) is 55.3 Å². The number of rotatable bonds is 10. The number of hydrogen-bond donors (Lipinski definition) is 4. The van der Waals surface area contributed by atoms with Crippen molar-refractivity contribution in [3.05, 3.63) is 65.1 Å². The zero-order chi connectivity index (χ0) is 28.8. The second-order valence-electron chi connectivity index (χ2n) is 9.23. The quantitative estimate of drug-likeness (QED) is 0.208. The van der Waals surface area contributed by atoms with Crippen LogP contribution in [-0.4, -0.2) is 64.3 Å². The number of anilines is 3. The van der Waals surface area contributed by atoms with E-state index in [0.29, 0.717) is 53.3 Å². The van der Waals surface area contributed by atoms with Crippen LogP contribution in [0.5, 0.6) is 5.75 Å². The second kappa shape index (κ2) is 13.0. The van der Waals surface area contributed by atoms with Crippen molar-refractivity contribution in [1.29, 1.82) is 5.26 Å². The monoisotopic (exact) mass is 569 g/mol. The van der Waals surface area contributed by atoms with Gasteiger partial charge in [-0.15, -0.1) is 0 Å². The highest BCUT2D eigenvalue weighted by Gasteiger charge is 2.21. The summed E-state index contributed by atoms with van der Waals surface area (Å²) < 4.78 is 25.3. The molecule has 2 aromatic carbocycles. The van der Waals surface area contributed by atoms with Gasteiger partial charge in [0.2, 0.25) is 5.91 Å². The van der Waals surface area contributed by atoms with Gasteiger partial charge in [0.25, 0.3) is 0 Å². The summed E-state index contributed by atoms with van der Waals surface area (Å²) in [5.74, 6) is -0.687. The van der Waals surface area contributed by atoms with E-state index in [9.17, 15) is 24.7 Å². The lowest BCUT2D eigenvalue weighted by Gasteiger charge is -2.26. The molecule has 3 aromatic rings. The molecule has 2 heterocycles. The molecule has 4 N–H and O–H groups in total. The molecule has 0 radical (unpaired) electrons. The Kier molecular flexibility index (Phi) is 9.52. The molecule has 1 saturated heterocycles. The minimum absolute atomic E-state index is 0.0826. The number of carbonyl (C=O) groups is 1. The van der Waals surface area contributed by atoms with E-state index in [1.54, 1.807) is 12.1 Å². The molecule has 210 valence electrons. The predicted molar refractivity (Wildman–Crippen MR) is 149 cm³/mol. The number of nitriles is 1. The highest BCUT2D eigenvalue weighted by molar-refractivity contribution is 6.31. The number of halogens is 2. The van der Waals surface area contributed by atoms with Gasteiger partial charge in [-0.05, 0) is 38.1 Å². The molecule has 2 unspecified atom stereocenters. The van der Waals surface area contributed by atoms with Gasteiger partial charge in [0.15, 0.2) is 0 Å². The van der Waals surface area contributed by atoms with Crippen molar-refractivity contribution < 1.29 is 28.9 Å². The summed E-state index contributed by atoms with van der Waals surface area (Å²) in [5.41, 5.74) is 1.88. The first-order valence-electron chi connectivity index (χ1n) is 12.6. The fourth-order valence-corrected chi connectivity index (χ4v) is 4.39. The number of amides is 1. The lowest BCUT2D eigenvalue weighted by molar-refractivity contribution is -0.112. The third kappa shape index (κ3) is 7.04. The van der Waals surface area contributed by atoms with Gasteiger partial charge in [0.1, 0.15) is 36.2 Å². The predicted octanol–water partition coefficient (Wildman–Crippen LogP) is 4.28. The number of aromatic nitrogens is 1. The van der Waals surface area contributed by atoms with Crippen LogP contribution in [0.25, 0.3) is 10.9 Å². The number of aliphatic hydroxyl groups excluding tert-OH is 2. The van der Waals surface area contributed by atoms with Crippen molar-refractivity contribution in [3.63, 3.8) is 0 Å². The maximum Gasteiger partial charge on any atom is 0.248 e. The Morgan fingerprint density at radius 1 is 1.35 bits per heavy atom. The standard InChI is InChI=1S/C28H29ClFN5O5/c1-16(36)35(17(2)37)8-3-4-27(38)34-25-11-21-24(12-26(25)40-20-7-9-39-15-20)32-14-18(13-31)28(21)33-19-5-6-23(30)22(29)10-19/h3-6,10-12,14,16-17,20,36-37H,7-9,15H2,1-2H3,(H,32,33)(H,34,38)/b4-3+/t16-,17?,20?/m0/s1. The SMILES string of the molecule is CC(O)N(C/C=C/C(=O)Nc1cc2c(Nc3ccc(F)c(Cl)c3)c(C#N)cnc2cc1OC1CCOC1)[C@H](C)O. The van der Waals surface area contributed by atoms with Crippen LogP contribution in [-0.2, 0) is 9.53 Å². The summed E-state index contributed by atoms with van der Waals surface area (Å²) in [7, 11) is 0. The molecular weight excluding hydrogens is 541 g/mol. The van der Waals surface area contributed by atoms with Gasteiger partial charge in [-0.3, -0.25) is 9.78 Å². The third-order valence-corrected chi connectivity index (χ3v) is 6.55. The average molecular weight is 570 g/mol. The number of nitrogens with zero attached hydrogens (tertiary/aromatic N) is 3. The molecule has 0 aliphatic carbocycles. The number of carbonyl (C=O) groups excluding carboxylic acids is 1. The summed E-state index contributed by atoms with van der Waals surface area (Å²) in [6, 6.07) is 9.51. The molecule has 3 atom stereocenters. The first kappa shape index (κ1) is 29.2. The summed E-state index contributed by atoms with van der Waals surface area (Å²) in [4.78, 5) is 18.7. The van der Waals surface area contributed by atoms with Crippen molar-refractivity contribution in [2.24, 2.45) is 0 Å². The normalized spacial score (nSPS) is 16.7. The van der Waals surface area contributed by atoms with Crippen molar-refractivity contribution in [3.8, 4) is 11.8 Å². The molecule has 40 heavy (non-hydrogen) atoms. The largest absolute Gasteiger partial charge is 0.486 e. The van der Waals surface area contributed by atoms with Crippen molar-refractivity contribution >= 4 is 45.5 Å². The number of benzene rings is 2. The highest BCUT2D eigenvalue weighted by Crippen LogP contribution is 2.37. The van der Waals surface area contributed by atoms with Gasteiger partial charge in [-0.2, -0.15) is 5.26 Å². The Balaban J connectivity index is 1.70. The van der Waals surface area contributed by atoms with E-state index in [-0.39, 0.29) is 23.2 Å². The second-order valence-corrected chi connectivity index (χ2v) is 9.64. The van der Waals surface area contributed by atoms with E-state index < -0.39 is 24.2 Å². The first-order valence-corrected chi connectivity index (χ1v) is 13.0. The topological polar surface area (TPSA) is 140 Å². The van der Waals surface area contributed by atoms with Crippen LogP contribution in [0.2, 0.25) is 5.02 Å². The number of hydrogen-bond acceptors (Lipinski definition) is 9. The molecule has 0 bridgehead atoms. The van der Waals surface area contributed by atoms with E-state index in [4.69, 9.17) is 21.1 Å². The van der Waals surface area contributed by atoms with E-state index >= 15 is 0 Å². The van der Waals surface area contributed by atoms with Crippen LogP contribution in [0.4, 0.5) is 21.5 Å². The first-order chi connectivity index (χ1) is 19.2. The Hall–Kier alpha value is -3.79. The van der Waals surface area contributed by atoms with Gasteiger partial charge in [-0.1, -0.05) is 17.7 Å². The number of aliphatic hydroxyl groups is 2. The van der Waals surface area contributed by atoms with Crippen molar-refractivity contribution in [1.82, 2.24) is 9.88 Å². The molecule has 0 spiro atoms. The highest BCUT2D eigenvalue weighted by atomic mass is 35.5. The van der Waals surface area contributed by atoms with Gasteiger partial charge in [0.05, 0.1) is 40.7 Å². The van der Waals surface area contributed by atoms with Gasteiger partial charge < -0.3 is 30.3 Å². The molecule has 12 heteroatoms. The Bertz CT molecular complexity index is 1450. The molecule has 0 saturated carbocycles.